The molecule has 0 saturated heterocycles. The number of ketones is 1. The van der Waals surface area contributed by atoms with E-state index in [0.29, 0.717) is 62.3 Å². The summed E-state index contributed by atoms with van der Waals surface area (Å²) in [5.41, 5.74) is -2.55. The molecule has 0 bridgehead atoms. The molecule has 3 fully saturated rings. The Morgan fingerprint density at radius 2 is 0.673 bits per heavy atom. The van der Waals surface area contributed by atoms with Crippen LogP contribution in [0.4, 0.5) is 79.0 Å². The number of alkyl halides is 18. The van der Waals surface area contributed by atoms with Crippen molar-refractivity contribution in [2.24, 2.45) is 5.73 Å². The number of rotatable bonds is 22. The molecule has 0 aromatic heterocycles. The van der Waals surface area contributed by atoms with Gasteiger partial charge >= 0.3 is 66.6 Å². The van der Waals surface area contributed by atoms with Crippen molar-refractivity contribution in [3.63, 3.8) is 0 Å². The second-order valence-corrected chi connectivity index (χ2v) is 27.2. The molecule has 0 unspecified atom stereocenters. The maximum atomic E-state index is 13.4. The van der Waals surface area contributed by atoms with Crippen molar-refractivity contribution in [1.29, 1.82) is 0 Å². The number of hydrogen-bond acceptors (Lipinski definition) is 10. The largest absolute Gasteiger partial charge is 1.00 e. The van der Waals surface area contributed by atoms with Crippen LogP contribution in [0.15, 0.2) is 206 Å². The minimum absolute atomic E-state index is 0. The summed E-state index contributed by atoms with van der Waals surface area (Å²) in [5, 5.41) is 18.6. The van der Waals surface area contributed by atoms with Gasteiger partial charge in [-0.15, -0.1) is 0 Å². The van der Waals surface area contributed by atoms with Crippen LogP contribution in [-0.2, 0) is 90.2 Å². The zero-order valence-electron chi connectivity index (χ0n) is 59.4. The number of nitrogens with two attached hydrogens (primary N) is 1. The molecule has 3 atom stereocenters. The first-order chi connectivity index (χ1) is 50.5. The molecule has 0 heterocycles. The minimum atomic E-state index is -4.96. The summed E-state index contributed by atoms with van der Waals surface area (Å²) in [4.78, 5) is 28.0. The Kier molecular flexibility index (Phi) is 30.1. The molecule has 0 radical (unpaired) electrons. The molecular formula is C79H75F18N4NaO8. The van der Waals surface area contributed by atoms with E-state index in [-0.39, 0.29) is 121 Å². The van der Waals surface area contributed by atoms with Crippen LogP contribution in [0.1, 0.15) is 155 Å². The molecule has 110 heavy (non-hydrogen) atoms. The van der Waals surface area contributed by atoms with Crippen LogP contribution in [0.2, 0.25) is 0 Å². The number of carbonyl (C=O) groups excluding carboxylic acids is 2. The van der Waals surface area contributed by atoms with Crippen LogP contribution in [-0.4, -0.2) is 58.7 Å². The smallest absolute Gasteiger partial charge is 0.870 e. The summed E-state index contributed by atoms with van der Waals surface area (Å²) >= 11 is 0. The van der Waals surface area contributed by atoms with Crippen molar-refractivity contribution >= 4 is 11.7 Å². The van der Waals surface area contributed by atoms with Gasteiger partial charge in [-0.3, -0.25) is 30.3 Å². The molecule has 11 rings (SSSR count). The Morgan fingerprint density at radius 3 is 0.927 bits per heavy atom. The van der Waals surface area contributed by atoms with Crippen LogP contribution in [0.5, 0.6) is 0 Å². The van der Waals surface area contributed by atoms with Crippen molar-refractivity contribution in [2.45, 2.75) is 155 Å². The number of hydrogen-bond donors (Lipinski definition) is 5. The summed E-state index contributed by atoms with van der Waals surface area (Å²) in [6.07, 6.45) is -31.1. The third-order valence-corrected chi connectivity index (χ3v) is 19.5. The number of halogens is 18. The molecular weight excluding hydrogens is 1500 g/mol. The van der Waals surface area contributed by atoms with E-state index in [4.69, 9.17) is 37.0 Å². The van der Waals surface area contributed by atoms with Gasteiger partial charge in [0.15, 0.2) is 0 Å². The van der Waals surface area contributed by atoms with E-state index in [1.54, 1.807) is 12.1 Å². The molecule has 12 nitrogen and oxygen atoms in total. The average Bonchev–Trinajstić information content (AvgIpc) is 0.724. The molecule has 8 aromatic rings. The Balaban J connectivity index is 0.000000255. The number of amides is 1. The van der Waals surface area contributed by atoms with Gasteiger partial charge in [-0.05, 0) is 133 Å². The van der Waals surface area contributed by atoms with E-state index >= 15 is 0 Å². The summed E-state index contributed by atoms with van der Waals surface area (Å²) in [7, 11) is 0. The SMILES string of the molecule is C[C@@H](OCC1(c2ccccc2)CC(=O)C1)c1cc(C(F)(F)F)cc(C(F)(F)F)c1.C[C@@H](OCC1(c2ccccc2)CC(NCc2ccccc2)(C(N)=O)C1)c1cc(C(F)(F)F)cc(C(F)(F)F)c1.OO.[C-]#[N+]C1(NCc2ccccc2)CC(CO[C@H](C)c2cc(C(F)(F)F)cc(C(F)(F)F)c2)(c2ccccc2)C1.[Na+].[OH-]. The summed E-state index contributed by atoms with van der Waals surface area (Å²) < 4.78 is 256. The fraction of sp³-hybridized carbons (Fsp3) is 0.354. The fourth-order valence-corrected chi connectivity index (χ4v) is 13.6. The van der Waals surface area contributed by atoms with E-state index in [2.05, 4.69) is 15.5 Å². The Hall–Kier alpha value is -8.19. The molecule has 586 valence electrons. The van der Waals surface area contributed by atoms with E-state index < -0.39 is 122 Å². The van der Waals surface area contributed by atoms with Crippen LogP contribution in [0.25, 0.3) is 4.85 Å². The van der Waals surface area contributed by atoms with Crippen LogP contribution < -0.4 is 45.9 Å². The quantitative estimate of drug-likeness (QED) is 0.0144. The van der Waals surface area contributed by atoms with E-state index in [9.17, 15) is 88.6 Å². The third-order valence-electron chi connectivity index (χ3n) is 19.5. The Morgan fingerprint density at radius 1 is 0.427 bits per heavy atom. The number of carbonyl (C=O) groups is 2. The molecule has 8 aromatic carbocycles. The van der Waals surface area contributed by atoms with Gasteiger partial charge in [-0.1, -0.05) is 152 Å². The van der Waals surface area contributed by atoms with Gasteiger partial charge in [0.1, 0.15) is 5.78 Å². The van der Waals surface area contributed by atoms with Crippen molar-refractivity contribution < 1.29 is 148 Å². The predicted octanol–water partition coefficient (Wildman–Crippen LogP) is 17.4. The predicted molar refractivity (Wildman–Crippen MR) is 365 cm³/mol. The van der Waals surface area contributed by atoms with Gasteiger partial charge < -0.3 is 25.4 Å². The number of primary amides is 1. The van der Waals surface area contributed by atoms with E-state index in [1.165, 1.54) is 20.8 Å². The Bertz CT molecular complexity index is 4240. The van der Waals surface area contributed by atoms with Crippen LogP contribution in [0, 0.1) is 6.57 Å². The second-order valence-electron chi connectivity index (χ2n) is 27.2. The van der Waals surface area contributed by atoms with E-state index in [1.807, 2.05) is 140 Å². The van der Waals surface area contributed by atoms with Crippen LogP contribution >= 0.6 is 0 Å². The monoisotopic (exact) mass is 1570 g/mol. The summed E-state index contributed by atoms with van der Waals surface area (Å²) in [6.45, 7) is 12.9. The van der Waals surface area contributed by atoms with Crippen molar-refractivity contribution in [1.82, 2.24) is 10.6 Å². The maximum absolute atomic E-state index is 13.4. The van der Waals surface area contributed by atoms with Gasteiger partial charge in [0, 0.05) is 42.2 Å². The molecule has 31 heteroatoms. The number of ether oxygens (including phenoxy) is 3. The first kappa shape index (κ1) is 90.7. The molecule has 0 aliphatic heterocycles. The molecule has 0 spiro atoms. The van der Waals surface area contributed by atoms with Gasteiger partial charge in [0.25, 0.3) is 5.66 Å². The second kappa shape index (κ2) is 36.5. The van der Waals surface area contributed by atoms with Gasteiger partial charge in [0.05, 0.1) is 89.9 Å². The Labute approximate surface area is 643 Å². The van der Waals surface area contributed by atoms with Crippen LogP contribution in [0.3, 0.4) is 0 Å². The number of benzene rings is 8. The fourth-order valence-electron chi connectivity index (χ4n) is 13.6. The summed E-state index contributed by atoms with van der Waals surface area (Å²) in [5.74, 6) is -0.519. The molecule has 3 saturated carbocycles. The topological polar surface area (TPSA) is 187 Å². The standard InChI is InChI=1S/C29H28F6N2O2.C29H26F6N2O.C21H18F6O2.Na.H2O2.H2O/c1-19(21-12-23(28(30,31)32)14-24(13-21)29(33,34)35)39-18-26(22-10-6-3-7-11-22)16-27(17-26,25(36)38)37-15-20-8-4-2-5-9-20;1-20(22-13-24(28(30,31)32)15-25(14-22)29(33,34)35)38-19-26(23-11-7-4-8-12-23)17-27(18-26,36-2)37-16-21-9-5-3-6-10-21;1-13(14-7-16(20(22,23)24)9-17(8-14)21(25,26)27)29-12-19(10-18(28)11-19)15-5-3-2-4-6-15;;1-2;/h2-14,19,37H,15-18H2,1H3,(H2,36,38);3-15,20,37H,16-19H2,1H3;2-9,13H,10-12H2,1H3;;1-2H;1H2/q;;;+1;;/p-1/t19-,26?,27?;20-,26?,27?;13-;;;/m111.../s1. The van der Waals surface area contributed by atoms with Crippen molar-refractivity contribution in [3.05, 3.63) is 296 Å². The van der Waals surface area contributed by atoms with Crippen molar-refractivity contribution in [3.8, 4) is 0 Å². The molecule has 3 aliphatic carbocycles. The minimum Gasteiger partial charge on any atom is -0.870 e. The van der Waals surface area contributed by atoms with Gasteiger partial charge in [-0.25, -0.2) is 11.9 Å². The normalized spacial score (nSPS) is 20.3. The zero-order chi connectivity index (χ0) is 79.5. The zero-order valence-corrected chi connectivity index (χ0v) is 61.4. The van der Waals surface area contributed by atoms with Gasteiger partial charge in [0.2, 0.25) is 5.91 Å². The number of nitrogens with zero attached hydrogens (tertiary/aromatic N) is 1. The maximum Gasteiger partial charge on any atom is 1.00 e. The van der Waals surface area contributed by atoms with E-state index in [0.717, 1.165) is 27.8 Å². The first-order valence-corrected chi connectivity index (χ1v) is 33.4. The van der Waals surface area contributed by atoms with Gasteiger partial charge in [-0.2, -0.15) is 79.0 Å². The first-order valence-electron chi connectivity index (χ1n) is 33.4. The number of nitrogens with one attached hydrogen (secondary N) is 2. The molecule has 3 aliphatic rings. The average molecular weight is 1570 g/mol. The number of Topliss-reactive ketones (excluding diaryl/α,β-unsaturated/α-hetero) is 1. The molecule has 7 N–H and O–H groups in total. The third kappa shape index (κ3) is 22.8. The molecule has 1 amide bonds. The van der Waals surface area contributed by atoms with Crippen molar-refractivity contribution in [2.75, 3.05) is 19.8 Å². The summed E-state index contributed by atoms with van der Waals surface area (Å²) in [6, 6.07) is 50.9.